The summed E-state index contributed by atoms with van der Waals surface area (Å²) >= 11 is 4.97. The lowest BCUT2D eigenvalue weighted by Crippen LogP contribution is -2.41. The van der Waals surface area contributed by atoms with Gasteiger partial charge in [0.15, 0.2) is 5.11 Å². The van der Waals surface area contributed by atoms with Gasteiger partial charge in [0.1, 0.15) is 0 Å². The van der Waals surface area contributed by atoms with Gasteiger partial charge in [-0.3, -0.25) is 0 Å². The highest BCUT2D eigenvalue weighted by atomic mass is 32.1. The van der Waals surface area contributed by atoms with Crippen molar-refractivity contribution in [3.8, 4) is 0 Å². The van der Waals surface area contributed by atoms with Gasteiger partial charge < -0.3 is 15.1 Å². The van der Waals surface area contributed by atoms with E-state index in [9.17, 15) is 4.79 Å². The molecule has 0 unspecified atom stereocenters. The molecule has 0 spiro atoms. The number of hydrogen-bond acceptors (Lipinski definition) is 4. The maximum atomic E-state index is 11.2. The molecular formula is C10H13N3O2S. The molecule has 0 saturated heterocycles. The third kappa shape index (κ3) is 2.68. The lowest BCUT2D eigenvalue weighted by molar-refractivity contribution is 0.0601. The molecule has 0 aromatic heterocycles. The maximum Gasteiger partial charge on any atom is 0.337 e. The number of carbonyl (C=O) groups excluding carboxylic acids is 1. The number of nitrogens with zero attached hydrogens (tertiary/aromatic N) is 1. The standard InChI is InChI=1S/C10H13N3O2S/c1-13(10(16)12-11)8-5-3-7(4-6-8)9(14)15-2/h3-6H,11H2,1-2H3,(H,12,16). The van der Waals surface area contributed by atoms with Crippen molar-refractivity contribution < 1.29 is 9.53 Å². The number of carbonyl (C=O) groups is 1. The summed E-state index contributed by atoms with van der Waals surface area (Å²) in [7, 11) is 3.12. The molecule has 0 saturated carbocycles. The number of thiocarbonyl (C=S) groups is 1. The van der Waals surface area contributed by atoms with Crippen molar-refractivity contribution in [2.24, 2.45) is 5.84 Å². The van der Waals surface area contributed by atoms with Gasteiger partial charge in [0.05, 0.1) is 12.7 Å². The highest BCUT2D eigenvalue weighted by molar-refractivity contribution is 7.80. The van der Waals surface area contributed by atoms with Crippen molar-refractivity contribution >= 4 is 29.0 Å². The van der Waals surface area contributed by atoms with Gasteiger partial charge in [-0.05, 0) is 36.5 Å². The second-order valence-electron chi connectivity index (χ2n) is 3.05. The Hall–Kier alpha value is -1.66. The summed E-state index contributed by atoms with van der Waals surface area (Å²) in [5.41, 5.74) is 3.70. The van der Waals surface area contributed by atoms with Gasteiger partial charge in [-0.2, -0.15) is 0 Å². The van der Waals surface area contributed by atoms with E-state index in [2.05, 4.69) is 10.2 Å². The third-order valence-corrected chi connectivity index (χ3v) is 2.50. The Bertz CT molecular complexity index is 392. The molecule has 5 nitrogen and oxygen atoms in total. The second kappa shape index (κ2) is 5.43. The predicted molar refractivity (Wildman–Crippen MR) is 66.1 cm³/mol. The van der Waals surface area contributed by atoms with Crippen LogP contribution in [0.1, 0.15) is 10.4 Å². The number of nitrogens with two attached hydrogens (primary N) is 1. The summed E-state index contributed by atoms with van der Waals surface area (Å²) in [6.45, 7) is 0. The van der Waals surface area contributed by atoms with Crippen molar-refractivity contribution in [1.29, 1.82) is 0 Å². The molecule has 16 heavy (non-hydrogen) atoms. The zero-order chi connectivity index (χ0) is 12.1. The lowest BCUT2D eigenvalue weighted by atomic mass is 10.2. The van der Waals surface area contributed by atoms with E-state index in [4.69, 9.17) is 18.1 Å². The Balaban J connectivity index is 2.86. The van der Waals surface area contributed by atoms with Crippen LogP contribution >= 0.6 is 12.2 Å². The minimum absolute atomic E-state index is 0.367. The van der Waals surface area contributed by atoms with Crippen LogP contribution in [0, 0.1) is 0 Å². The van der Waals surface area contributed by atoms with Crippen molar-refractivity contribution in [2.45, 2.75) is 0 Å². The summed E-state index contributed by atoms with van der Waals surface area (Å²) in [6, 6.07) is 6.85. The van der Waals surface area contributed by atoms with Gasteiger partial charge in [0.25, 0.3) is 0 Å². The average Bonchev–Trinajstić information content (AvgIpc) is 2.36. The fourth-order valence-corrected chi connectivity index (χ4v) is 1.26. The Morgan fingerprint density at radius 3 is 2.44 bits per heavy atom. The lowest BCUT2D eigenvalue weighted by Gasteiger charge is -2.19. The fraction of sp³-hybridized carbons (Fsp3) is 0.200. The van der Waals surface area contributed by atoms with Crippen molar-refractivity contribution in [1.82, 2.24) is 5.43 Å². The molecule has 0 aliphatic rings. The molecule has 6 heteroatoms. The van der Waals surface area contributed by atoms with Crippen LogP contribution in [0.2, 0.25) is 0 Å². The van der Waals surface area contributed by atoms with Gasteiger partial charge in [0, 0.05) is 12.7 Å². The number of anilines is 1. The normalized spacial score (nSPS) is 9.44. The molecule has 1 rings (SSSR count). The molecule has 0 radical (unpaired) electrons. The number of rotatable bonds is 2. The molecule has 1 aromatic rings. The van der Waals surface area contributed by atoms with E-state index in [1.54, 1.807) is 36.2 Å². The molecule has 0 fully saturated rings. The van der Waals surface area contributed by atoms with Gasteiger partial charge in [-0.1, -0.05) is 0 Å². The Labute approximate surface area is 99.1 Å². The molecule has 0 bridgehead atoms. The van der Waals surface area contributed by atoms with Gasteiger partial charge in [-0.25, -0.2) is 10.6 Å². The molecule has 3 N–H and O–H groups in total. The highest BCUT2D eigenvalue weighted by Crippen LogP contribution is 2.14. The van der Waals surface area contributed by atoms with Crippen LogP contribution in [0.3, 0.4) is 0 Å². The smallest absolute Gasteiger partial charge is 0.337 e. The molecule has 0 aliphatic heterocycles. The van der Waals surface area contributed by atoms with Gasteiger partial charge in [-0.15, -0.1) is 0 Å². The number of benzene rings is 1. The summed E-state index contributed by atoms with van der Waals surface area (Å²) < 4.78 is 4.59. The average molecular weight is 239 g/mol. The number of methoxy groups -OCH3 is 1. The number of hydrazine groups is 1. The first-order valence-corrected chi connectivity index (χ1v) is 4.93. The molecule has 0 amide bonds. The number of esters is 1. The van der Waals surface area contributed by atoms with E-state index >= 15 is 0 Å². The topological polar surface area (TPSA) is 67.6 Å². The minimum atomic E-state index is -0.367. The summed E-state index contributed by atoms with van der Waals surface area (Å²) in [5, 5.41) is 0.394. The fourth-order valence-electron chi connectivity index (χ4n) is 1.15. The minimum Gasteiger partial charge on any atom is -0.465 e. The van der Waals surface area contributed by atoms with E-state index in [1.807, 2.05) is 0 Å². The number of nitrogens with one attached hydrogen (secondary N) is 1. The first-order chi connectivity index (χ1) is 7.60. The maximum absolute atomic E-state index is 11.2. The zero-order valence-corrected chi connectivity index (χ0v) is 9.88. The molecule has 0 heterocycles. The van der Waals surface area contributed by atoms with Crippen molar-refractivity contribution in [3.63, 3.8) is 0 Å². The molecule has 1 aromatic carbocycles. The van der Waals surface area contributed by atoms with Crippen molar-refractivity contribution in [2.75, 3.05) is 19.1 Å². The van der Waals surface area contributed by atoms with Crippen LogP contribution in [0.5, 0.6) is 0 Å². The van der Waals surface area contributed by atoms with Crippen LogP contribution in [0.15, 0.2) is 24.3 Å². The van der Waals surface area contributed by atoms with Crippen LogP contribution in [0.25, 0.3) is 0 Å². The Kier molecular flexibility index (Phi) is 4.21. The number of hydrogen-bond donors (Lipinski definition) is 2. The first-order valence-electron chi connectivity index (χ1n) is 4.53. The summed E-state index contributed by atoms with van der Waals surface area (Å²) in [6.07, 6.45) is 0. The van der Waals surface area contributed by atoms with Crippen LogP contribution in [-0.4, -0.2) is 25.2 Å². The predicted octanol–water partition coefficient (Wildman–Crippen LogP) is 0.658. The van der Waals surface area contributed by atoms with E-state index in [0.29, 0.717) is 10.7 Å². The molecule has 0 atom stereocenters. The quantitative estimate of drug-likeness (QED) is 0.342. The Morgan fingerprint density at radius 2 is 2.00 bits per heavy atom. The SMILES string of the molecule is COC(=O)c1ccc(N(C)C(=S)NN)cc1. The second-order valence-corrected chi connectivity index (χ2v) is 3.43. The van der Waals surface area contributed by atoms with E-state index in [1.165, 1.54) is 7.11 Å². The summed E-state index contributed by atoms with van der Waals surface area (Å²) in [5.74, 6) is 4.84. The highest BCUT2D eigenvalue weighted by Gasteiger charge is 2.08. The zero-order valence-electron chi connectivity index (χ0n) is 9.06. The largest absolute Gasteiger partial charge is 0.465 e. The third-order valence-electron chi connectivity index (χ3n) is 2.10. The summed E-state index contributed by atoms with van der Waals surface area (Å²) in [4.78, 5) is 12.9. The van der Waals surface area contributed by atoms with E-state index in [0.717, 1.165) is 5.69 Å². The molecule has 86 valence electrons. The van der Waals surface area contributed by atoms with Crippen molar-refractivity contribution in [3.05, 3.63) is 29.8 Å². The first kappa shape index (κ1) is 12.4. The molecule has 0 aliphatic carbocycles. The molecular weight excluding hydrogens is 226 g/mol. The van der Waals surface area contributed by atoms with Crippen LogP contribution in [0.4, 0.5) is 5.69 Å². The van der Waals surface area contributed by atoms with Crippen LogP contribution < -0.4 is 16.2 Å². The number of ether oxygens (including phenoxy) is 1. The monoisotopic (exact) mass is 239 g/mol. The van der Waals surface area contributed by atoms with E-state index < -0.39 is 0 Å². The van der Waals surface area contributed by atoms with E-state index in [-0.39, 0.29) is 5.97 Å². The Morgan fingerprint density at radius 1 is 1.44 bits per heavy atom. The van der Waals surface area contributed by atoms with Gasteiger partial charge in [0.2, 0.25) is 0 Å². The van der Waals surface area contributed by atoms with Gasteiger partial charge >= 0.3 is 5.97 Å². The van der Waals surface area contributed by atoms with Crippen LogP contribution in [-0.2, 0) is 4.74 Å².